The summed E-state index contributed by atoms with van der Waals surface area (Å²) >= 11 is 0. The highest BCUT2D eigenvalue weighted by atomic mass is 16.1. The monoisotopic (exact) mass is 507 g/mol. The maximum absolute atomic E-state index is 13.9. The zero-order valence-corrected chi connectivity index (χ0v) is 22.3. The lowest BCUT2D eigenvalue weighted by atomic mass is 9.96. The number of tetrazole rings is 1. The van der Waals surface area contributed by atoms with Gasteiger partial charge in [0.05, 0.1) is 12.2 Å². The van der Waals surface area contributed by atoms with Gasteiger partial charge in [0.15, 0.2) is 5.82 Å². The van der Waals surface area contributed by atoms with Crippen LogP contribution in [0.2, 0.25) is 0 Å². The van der Waals surface area contributed by atoms with E-state index in [1.807, 2.05) is 27.6 Å². The first-order chi connectivity index (χ1) is 18.5. The Morgan fingerprint density at radius 1 is 1.00 bits per heavy atom. The Bertz CT molecular complexity index is 1580. The minimum absolute atomic E-state index is 0.00712. The van der Waals surface area contributed by atoms with E-state index in [0.29, 0.717) is 18.3 Å². The number of nitrogens with one attached hydrogen (secondary N) is 1. The minimum atomic E-state index is 0.00712. The summed E-state index contributed by atoms with van der Waals surface area (Å²) in [6, 6.07) is 16.5. The molecule has 0 unspecified atom stereocenters. The largest absolute Gasteiger partial charge is 0.333 e. The van der Waals surface area contributed by atoms with Crippen LogP contribution in [0.1, 0.15) is 62.4 Å². The number of benzene rings is 2. The molecule has 0 saturated heterocycles. The zero-order valence-electron chi connectivity index (χ0n) is 22.3. The number of aromatic nitrogens is 7. The number of aryl methyl sites for hydroxylation is 2. The fourth-order valence-electron chi connectivity index (χ4n) is 5.04. The number of rotatable bonds is 9. The molecule has 0 bridgehead atoms. The normalized spacial score (nSPS) is 11.4. The summed E-state index contributed by atoms with van der Waals surface area (Å²) < 4.78 is 3.80. The van der Waals surface area contributed by atoms with Gasteiger partial charge < -0.3 is 0 Å². The van der Waals surface area contributed by atoms with Gasteiger partial charge in [0, 0.05) is 35.4 Å². The lowest BCUT2D eigenvalue weighted by molar-refractivity contribution is 0.689. The molecule has 194 valence electrons. The average Bonchev–Trinajstić information content (AvgIpc) is 3.58. The fraction of sp³-hybridized carbons (Fsp3) is 0.300. The Balaban J connectivity index is 1.52. The van der Waals surface area contributed by atoms with E-state index >= 15 is 0 Å². The van der Waals surface area contributed by atoms with Gasteiger partial charge in [-0.3, -0.25) is 14.1 Å². The summed E-state index contributed by atoms with van der Waals surface area (Å²) in [7, 11) is 0. The Hall–Kier alpha value is -4.33. The molecule has 0 radical (unpaired) electrons. The zero-order chi connectivity index (χ0) is 26.6. The van der Waals surface area contributed by atoms with Crippen molar-refractivity contribution in [1.29, 1.82) is 0 Å². The molecule has 5 rings (SSSR count). The van der Waals surface area contributed by atoms with Crippen molar-refractivity contribution < 1.29 is 0 Å². The Morgan fingerprint density at radius 3 is 2.50 bits per heavy atom. The summed E-state index contributed by atoms with van der Waals surface area (Å²) in [4.78, 5) is 18.2. The van der Waals surface area contributed by atoms with Crippen molar-refractivity contribution in [3.8, 4) is 28.2 Å². The van der Waals surface area contributed by atoms with Gasteiger partial charge in [-0.1, -0.05) is 76.6 Å². The second-order valence-corrected chi connectivity index (χ2v) is 9.84. The topological polar surface area (TPSA) is 94.3 Å². The predicted molar refractivity (Wildman–Crippen MR) is 149 cm³/mol. The van der Waals surface area contributed by atoms with Crippen LogP contribution in [0.3, 0.4) is 0 Å². The second kappa shape index (κ2) is 11.0. The summed E-state index contributed by atoms with van der Waals surface area (Å²) in [6.07, 6.45) is 8.27. The van der Waals surface area contributed by atoms with Crippen molar-refractivity contribution in [3.63, 3.8) is 0 Å². The maximum atomic E-state index is 13.9. The quantitative estimate of drug-likeness (QED) is 0.282. The molecule has 0 atom stereocenters. The number of nitrogens with zero attached hydrogens (tertiary/aromatic N) is 6. The molecule has 0 saturated carbocycles. The second-order valence-electron chi connectivity index (χ2n) is 9.84. The third-order valence-corrected chi connectivity index (χ3v) is 6.99. The van der Waals surface area contributed by atoms with E-state index in [2.05, 4.69) is 95.8 Å². The van der Waals surface area contributed by atoms with Crippen LogP contribution < -0.4 is 5.69 Å². The van der Waals surface area contributed by atoms with Gasteiger partial charge in [-0.15, -0.1) is 5.10 Å². The number of hydrogen-bond acceptors (Lipinski definition) is 5. The highest BCUT2D eigenvalue weighted by Crippen LogP contribution is 2.30. The first kappa shape index (κ1) is 25.3. The van der Waals surface area contributed by atoms with E-state index in [1.54, 1.807) is 6.20 Å². The molecule has 0 aliphatic rings. The molecule has 0 aliphatic carbocycles. The number of imidazole rings is 1. The smallest absolute Gasteiger partial charge is 0.292 e. The first-order valence-electron chi connectivity index (χ1n) is 13.2. The van der Waals surface area contributed by atoms with Crippen LogP contribution >= 0.6 is 0 Å². The van der Waals surface area contributed by atoms with Gasteiger partial charge >= 0.3 is 5.69 Å². The molecule has 3 aromatic heterocycles. The molecule has 8 heteroatoms. The molecule has 0 aliphatic heterocycles. The van der Waals surface area contributed by atoms with Crippen LogP contribution in [0.5, 0.6) is 0 Å². The third kappa shape index (κ3) is 4.81. The van der Waals surface area contributed by atoms with Gasteiger partial charge in [0.1, 0.15) is 0 Å². The van der Waals surface area contributed by atoms with Crippen molar-refractivity contribution in [3.05, 3.63) is 100.0 Å². The maximum Gasteiger partial charge on any atom is 0.333 e. The van der Waals surface area contributed by atoms with Crippen LogP contribution in [0.15, 0.2) is 71.9 Å². The highest BCUT2D eigenvalue weighted by Gasteiger charge is 2.19. The Labute approximate surface area is 222 Å². The van der Waals surface area contributed by atoms with Crippen LogP contribution in [-0.4, -0.2) is 34.7 Å². The SMILES string of the molecule is CCCc1cn(-c2c(CC)cccc2C(C)C)c(=O)n1Cc1ccc(-c2cnccc2-c2nnn[nH]2)cc1. The number of aromatic amines is 1. The van der Waals surface area contributed by atoms with Crippen molar-refractivity contribution in [2.24, 2.45) is 0 Å². The van der Waals surface area contributed by atoms with Gasteiger partial charge in [-0.25, -0.2) is 9.89 Å². The van der Waals surface area contributed by atoms with Crippen LogP contribution in [-0.2, 0) is 19.4 Å². The Kier molecular flexibility index (Phi) is 7.31. The van der Waals surface area contributed by atoms with Gasteiger partial charge in [0.2, 0.25) is 0 Å². The highest BCUT2D eigenvalue weighted by molar-refractivity contribution is 5.79. The van der Waals surface area contributed by atoms with E-state index in [1.165, 1.54) is 11.1 Å². The minimum Gasteiger partial charge on any atom is -0.292 e. The summed E-state index contributed by atoms with van der Waals surface area (Å²) in [5, 5.41) is 14.3. The first-order valence-corrected chi connectivity index (χ1v) is 13.2. The van der Waals surface area contributed by atoms with E-state index < -0.39 is 0 Å². The number of hydrogen-bond donors (Lipinski definition) is 1. The van der Waals surface area contributed by atoms with E-state index in [-0.39, 0.29) is 5.69 Å². The number of para-hydroxylation sites is 1. The van der Waals surface area contributed by atoms with Crippen molar-refractivity contribution in [2.45, 2.75) is 59.4 Å². The molecule has 0 spiro atoms. The molecule has 1 N–H and O–H groups in total. The Morgan fingerprint density at radius 2 is 1.82 bits per heavy atom. The van der Waals surface area contributed by atoms with E-state index in [4.69, 9.17) is 0 Å². The molecule has 0 fully saturated rings. The van der Waals surface area contributed by atoms with Crippen molar-refractivity contribution in [2.75, 3.05) is 0 Å². The molecule has 2 aromatic carbocycles. The average molecular weight is 508 g/mol. The van der Waals surface area contributed by atoms with Gasteiger partial charge in [-0.2, -0.15) is 0 Å². The van der Waals surface area contributed by atoms with Gasteiger partial charge in [0.25, 0.3) is 0 Å². The molecule has 5 aromatic rings. The fourth-order valence-corrected chi connectivity index (χ4v) is 5.04. The molecule has 38 heavy (non-hydrogen) atoms. The summed E-state index contributed by atoms with van der Waals surface area (Å²) in [6.45, 7) is 9.17. The third-order valence-electron chi connectivity index (χ3n) is 6.99. The molecule has 8 nitrogen and oxygen atoms in total. The van der Waals surface area contributed by atoms with E-state index in [0.717, 1.165) is 52.9 Å². The molecular formula is C30H33N7O. The van der Waals surface area contributed by atoms with Crippen molar-refractivity contribution >= 4 is 0 Å². The van der Waals surface area contributed by atoms with Crippen LogP contribution in [0, 0.1) is 0 Å². The lowest BCUT2D eigenvalue weighted by Gasteiger charge is -2.16. The molecule has 3 heterocycles. The number of H-pyrrole nitrogens is 1. The predicted octanol–water partition coefficient (Wildman–Crippen LogP) is 5.57. The lowest BCUT2D eigenvalue weighted by Crippen LogP contribution is -2.26. The molecular weight excluding hydrogens is 474 g/mol. The van der Waals surface area contributed by atoms with E-state index in [9.17, 15) is 4.79 Å². The van der Waals surface area contributed by atoms with Crippen molar-refractivity contribution in [1.82, 2.24) is 34.7 Å². The number of pyridine rings is 1. The van der Waals surface area contributed by atoms with Crippen LogP contribution in [0.4, 0.5) is 0 Å². The standard InChI is InChI=1S/C30H33N7O/c1-5-8-24-19-37(28-22(6-2)9-7-10-25(28)20(3)4)30(38)36(24)18-21-11-13-23(14-12-21)27-17-31-16-15-26(27)29-32-34-35-33-29/h7,9-17,19-20H,5-6,8,18H2,1-4H3,(H,32,33,34,35). The summed E-state index contributed by atoms with van der Waals surface area (Å²) in [5.41, 5.74) is 8.37. The molecule has 0 amide bonds. The van der Waals surface area contributed by atoms with Crippen LogP contribution in [0.25, 0.3) is 28.2 Å². The summed E-state index contributed by atoms with van der Waals surface area (Å²) in [5.74, 6) is 0.913. The van der Waals surface area contributed by atoms with Gasteiger partial charge in [-0.05, 0) is 57.5 Å².